The van der Waals surface area contributed by atoms with E-state index in [2.05, 4.69) is 11.8 Å². The normalized spacial score (nSPS) is 15.8. The molecule has 0 radical (unpaired) electrons. The van der Waals surface area contributed by atoms with E-state index in [9.17, 15) is 4.79 Å². The Bertz CT molecular complexity index is 554. The van der Waals surface area contributed by atoms with Crippen LogP contribution in [0, 0.1) is 5.92 Å². The molecule has 2 rings (SSSR count). The van der Waals surface area contributed by atoms with Gasteiger partial charge in [0.05, 0.1) is 14.2 Å². The number of benzene rings is 1. The third-order valence-corrected chi connectivity index (χ3v) is 5.04. The molecular weight excluding hydrogens is 316 g/mol. The molecule has 0 spiro atoms. The van der Waals surface area contributed by atoms with Crippen LogP contribution in [-0.2, 0) is 11.3 Å². The first-order chi connectivity index (χ1) is 12.1. The lowest BCUT2D eigenvalue weighted by Crippen LogP contribution is -2.41. The molecule has 25 heavy (non-hydrogen) atoms. The third-order valence-electron chi connectivity index (χ3n) is 5.04. The highest BCUT2D eigenvalue weighted by Crippen LogP contribution is 2.27. The Morgan fingerprint density at radius 1 is 1.24 bits per heavy atom. The molecule has 5 nitrogen and oxygen atoms in total. The number of nitrogens with zero attached hydrogens (tertiary/aromatic N) is 2. The Kier molecular flexibility index (Phi) is 7.56. The molecule has 0 N–H and O–H groups in total. The number of methoxy groups -OCH3 is 2. The van der Waals surface area contributed by atoms with Crippen molar-refractivity contribution in [1.29, 1.82) is 0 Å². The fourth-order valence-corrected chi connectivity index (χ4v) is 3.40. The summed E-state index contributed by atoms with van der Waals surface area (Å²) in [6.45, 7) is 5.74. The van der Waals surface area contributed by atoms with Crippen LogP contribution in [0.5, 0.6) is 11.5 Å². The second-order valence-electron chi connectivity index (χ2n) is 6.84. The van der Waals surface area contributed by atoms with Crippen molar-refractivity contribution in [3.63, 3.8) is 0 Å². The van der Waals surface area contributed by atoms with Gasteiger partial charge in [0.1, 0.15) is 11.5 Å². The summed E-state index contributed by atoms with van der Waals surface area (Å²) in [7, 11) is 5.31. The second-order valence-corrected chi connectivity index (χ2v) is 6.84. The van der Waals surface area contributed by atoms with Crippen molar-refractivity contribution < 1.29 is 14.3 Å². The van der Waals surface area contributed by atoms with Gasteiger partial charge in [-0.2, -0.15) is 0 Å². The number of hydrogen-bond donors (Lipinski definition) is 0. The van der Waals surface area contributed by atoms with Crippen molar-refractivity contribution in [3.8, 4) is 11.5 Å². The number of carbonyl (C=O) groups is 1. The molecule has 1 aromatic rings. The van der Waals surface area contributed by atoms with E-state index in [1.807, 2.05) is 30.1 Å². The Morgan fingerprint density at radius 2 is 1.96 bits per heavy atom. The SMILES string of the molecule is CCCCN(C)C(=O)C1CCN(Cc2cc(OC)ccc2OC)CC1. The highest BCUT2D eigenvalue weighted by molar-refractivity contribution is 5.78. The van der Waals surface area contributed by atoms with Crippen molar-refractivity contribution >= 4 is 5.91 Å². The molecule has 140 valence electrons. The lowest BCUT2D eigenvalue weighted by molar-refractivity contribution is -0.135. The summed E-state index contributed by atoms with van der Waals surface area (Å²) in [6.07, 6.45) is 4.07. The minimum absolute atomic E-state index is 0.172. The van der Waals surface area contributed by atoms with Crippen LogP contribution < -0.4 is 9.47 Å². The predicted molar refractivity (Wildman–Crippen MR) is 100 cm³/mol. The molecule has 5 heteroatoms. The maximum absolute atomic E-state index is 12.5. The van der Waals surface area contributed by atoms with Gasteiger partial charge in [0.25, 0.3) is 0 Å². The van der Waals surface area contributed by atoms with Crippen molar-refractivity contribution in [2.75, 3.05) is 40.9 Å². The first-order valence-electron chi connectivity index (χ1n) is 9.27. The molecule has 0 saturated carbocycles. The van der Waals surface area contributed by atoms with Crippen LogP contribution in [0.4, 0.5) is 0 Å². The summed E-state index contributed by atoms with van der Waals surface area (Å²) < 4.78 is 10.8. The van der Waals surface area contributed by atoms with Crippen LogP contribution in [-0.4, -0.2) is 56.6 Å². The van der Waals surface area contributed by atoms with Crippen molar-refractivity contribution in [2.24, 2.45) is 5.92 Å². The predicted octanol–water partition coefficient (Wildman–Crippen LogP) is 3.17. The molecule has 1 amide bonds. The lowest BCUT2D eigenvalue weighted by Gasteiger charge is -2.33. The smallest absolute Gasteiger partial charge is 0.225 e. The van der Waals surface area contributed by atoms with E-state index in [1.165, 1.54) is 0 Å². The molecule has 1 heterocycles. The number of piperidine rings is 1. The van der Waals surface area contributed by atoms with Crippen molar-refractivity contribution in [2.45, 2.75) is 39.2 Å². The Labute approximate surface area is 151 Å². The van der Waals surface area contributed by atoms with E-state index in [-0.39, 0.29) is 5.92 Å². The zero-order valence-electron chi connectivity index (χ0n) is 16.1. The van der Waals surface area contributed by atoms with Crippen LogP contribution in [0.15, 0.2) is 18.2 Å². The number of amides is 1. The summed E-state index contributed by atoms with van der Waals surface area (Å²) in [6, 6.07) is 5.90. The van der Waals surface area contributed by atoms with Gasteiger partial charge in [-0.05, 0) is 50.6 Å². The molecular formula is C20H32N2O3. The number of unbranched alkanes of at least 4 members (excludes halogenated alkanes) is 1. The zero-order valence-corrected chi connectivity index (χ0v) is 16.1. The first kappa shape index (κ1) is 19.6. The number of ether oxygens (including phenoxy) is 2. The average Bonchev–Trinajstić information content (AvgIpc) is 2.66. The Morgan fingerprint density at radius 3 is 2.56 bits per heavy atom. The fraction of sp³-hybridized carbons (Fsp3) is 0.650. The van der Waals surface area contributed by atoms with Crippen LogP contribution in [0.3, 0.4) is 0 Å². The number of rotatable bonds is 8. The minimum atomic E-state index is 0.172. The van der Waals surface area contributed by atoms with Crippen molar-refractivity contribution in [1.82, 2.24) is 9.80 Å². The van der Waals surface area contributed by atoms with Gasteiger partial charge in [0.15, 0.2) is 0 Å². The molecule has 1 aromatic carbocycles. The van der Waals surface area contributed by atoms with E-state index in [1.54, 1.807) is 14.2 Å². The van der Waals surface area contributed by atoms with Crippen molar-refractivity contribution in [3.05, 3.63) is 23.8 Å². The van der Waals surface area contributed by atoms with Crippen LogP contribution in [0.1, 0.15) is 38.2 Å². The van der Waals surface area contributed by atoms with E-state index < -0.39 is 0 Å². The van der Waals surface area contributed by atoms with E-state index in [0.717, 1.165) is 68.9 Å². The van der Waals surface area contributed by atoms with Gasteiger partial charge in [-0.1, -0.05) is 13.3 Å². The van der Waals surface area contributed by atoms with Gasteiger partial charge >= 0.3 is 0 Å². The maximum atomic E-state index is 12.5. The molecule has 1 aliphatic rings. The van der Waals surface area contributed by atoms with E-state index in [0.29, 0.717) is 5.91 Å². The molecule has 0 atom stereocenters. The van der Waals surface area contributed by atoms with Gasteiger partial charge in [-0.15, -0.1) is 0 Å². The number of likely N-dealkylation sites (tertiary alicyclic amines) is 1. The van der Waals surface area contributed by atoms with Crippen LogP contribution in [0.2, 0.25) is 0 Å². The van der Waals surface area contributed by atoms with Crippen LogP contribution in [0.25, 0.3) is 0 Å². The Balaban J connectivity index is 1.89. The lowest BCUT2D eigenvalue weighted by atomic mass is 9.95. The molecule has 1 saturated heterocycles. The van der Waals surface area contributed by atoms with Gasteiger partial charge in [-0.3, -0.25) is 9.69 Å². The average molecular weight is 348 g/mol. The minimum Gasteiger partial charge on any atom is -0.497 e. The Hall–Kier alpha value is -1.75. The highest BCUT2D eigenvalue weighted by Gasteiger charge is 2.27. The summed E-state index contributed by atoms with van der Waals surface area (Å²) in [5, 5.41) is 0. The van der Waals surface area contributed by atoms with Crippen LogP contribution >= 0.6 is 0 Å². The monoisotopic (exact) mass is 348 g/mol. The number of carbonyl (C=O) groups excluding carboxylic acids is 1. The zero-order chi connectivity index (χ0) is 18.2. The molecule has 1 fully saturated rings. The quantitative estimate of drug-likeness (QED) is 0.724. The van der Waals surface area contributed by atoms with Gasteiger partial charge in [0, 0.05) is 31.6 Å². The molecule has 1 aliphatic heterocycles. The maximum Gasteiger partial charge on any atom is 0.225 e. The highest BCUT2D eigenvalue weighted by atomic mass is 16.5. The first-order valence-corrected chi connectivity index (χ1v) is 9.27. The summed E-state index contributed by atoms with van der Waals surface area (Å²) in [4.78, 5) is 16.8. The van der Waals surface area contributed by atoms with Gasteiger partial charge in [-0.25, -0.2) is 0 Å². The fourth-order valence-electron chi connectivity index (χ4n) is 3.40. The number of hydrogen-bond acceptors (Lipinski definition) is 4. The summed E-state index contributed by atoms with van der Waals surface area (Å²) in [5.74, 6) is 2.22. The molecule has 0 bridgehead atoms. The van der Waals surface area contributed by atoms with E-state index >= 15 is 0 Å². The molecule has 0 aromatic heterocycles. The molecule has 0 aliphatic carbocycles. The molecule has 0 unspecified atom stereocenters. The summed E-state index contributed by atoms with van der Waals surface area (Å²) >= 11 is 0. The van der Waals surface area contributed by atoms with Gasteiger partial charge in [0.2, 0.25) is 5.91 Å². The second kappa shape index (κ2) is 9.66. The summed E-state index contributed by atoms with van der Waals surface area (Å²) in [5.41, 5.74) is 1.13. The third kappa shape index (κ3) is 5.36. The van der Waals surface area contributed by atoms with E-state index in [4.69, 9.17) is 9.47 Å². The standard InChI is InChI=1S/C20H32N2O3/c1-5-6-11-21(2)20(23)16-9-12-22(13-10-16)15-17-14-18(24-3)7-8-19(17)25-4/h7-8,14,16H,5-6,9-13,15H2,1-4H3. The van der Waals surface area contributed by atoms with Gasteiger partial charge < -0.3 is 14.4 Å². The largest absolute Gasteiger partial charge is 0.497 e. The topological polar surface area (TPSA) is 42.0 Å².